The lowest BCUT2D eigenvalue weighted by atomic mass is 10.0. The Kier molecular flexibility index (Phi) is 7.43. The molecule has 0 aromatic heterocycles. The molecule has 0 bridgehead atoms. The lowest BCUT2D eigenvalue weighted by Crippen LogP contribution is -2.51. The number of hydrogen-bond donors (Lipinski definition) is 0. The normalized spacial score (nSPS) is 16.6. The van der Waals surface area contributed by atoms with Crippen LogP contribution >= 0.6 is 0 Å². The van der Waals surface area contributed by atoms with Crippen molar-refractivity contribution < 1.29 is 19.2 Å². The molecule has 31 heavy (non-hydrogen) atoms. The molecule has 2 aliphatic heterocycles. The highest BCUT2D eigenvalue weighted by molar-refractivity contribution is 6.22. The second-order valence-electron chi connectivity index (χ2n) is 8.01. The van der Waals surface area contributed by atoms with Gasteiger partial charge in [-0.25, -0.2) is 0 Å². The lowest BCUT2D eigenvalue weighted by Gasteiger charge is -2.35. The van der Waals surface area contributed by atoms with Gasteiger partial charge in [0.05, 0.1) is 17.7 Å². The Balaban J connectivity index is 1.62. The molecule has 0 spiro atoms. The van der Waals surface area contributed by atoms with Gasteiger partial charge >= 0.3 is 0 Å². The van der Waals surface area contributed by atoms with Crippen molar-refractivity contribution in [3.8, 4) is 0 Å². The number of likely N-dealkylation sites (N-methyl/N-ethyl adjacent to an activating group) is 1. The number of amides is 4. The molecule has 8 heteroatoms. The minimum Gasteiger partial charge on any atom is -0.342 e. The van der Waals surface area contributed by atoms with E-state index in [1.807, 2.05) is 25.7 Å². The Morgan fingerprint density at radius 3 is 2.19 bits per heavy atom. The topological polar surface area (TPSA) is 81.2 Å². The van der Waals surface area contributed by atoms with E-state index in [-0.39, 0.29) is 23.6 Å². The number of benzene rings is 1. The van der Waals surface area contributed by atoms with Crippen molar-refractivity contribution in [3.63, 3.8) is 0 Å². The maximum atomic E-state index is 13.0. The van der Waals surface area contributed by atoms with Crippen LogP contribution in [0.25, 0.3) is 0 Å². The SMILES string of the molecule is CCCCN1C(=O)c2ccc(C(=O)N3CCN(CC(=O)N(CC)CC)CC3)cc2C1=O. The van der Waals surface area contributed by atoms with Gasteiger partial charge in [0.25, 0.3) is 17.7 Å². The average molecular weight is 429 g/mol. The van der Waals surface area contributed by atoms with Gasteiger partial charge in [0.2, 0.25) is 5.91 Å². The number of carbonyl (C=O) groups is 4. The minimum absolute atomic E-state index is 0.110. The van der Waals surface area contributed by atoms with Gasteiger partial charge < -0.3 is 9.80 Å². The first-order valence-corrected chi connectivity index (χ1v) is 11.2. The Hall–Kier alpha value is -2.74. The predicted octanol–water partition coefficient (Wildman–Crippen LogP) is 1.71. The molecule has 1 saturated heterocycles. The summed E-state index contributed by atoms with van der Waals surface area (Å²) < 4.78 is 0. The van der Waals surface area contributed by atoms with E-state index >= 15 is 0 Å². The Morgan fingerprint density at radius 1 is 0.935 bits per heavy atom. The van der Waals surface area contributed by atoms with Gasteiger partial charge in [0.1, 0.15) is 0 Å². The van der Waals surface area contributed by atoms with Crippen LogP contribution < -0.4 is 0 Å². The molecule has 0 aliphatic carbocycles. The van der Waals surface area contributed by atoms with E-state index in [1.165, 1.54) is 4.90 Å². The largest absolute Gasteiger partial charge is 0.342 e. The van der Waals surface area contributed by atoms with E-state index in [9.17, 15) is 19.2 Å². The zero-order valence-corrected chi connectivity index (χ0v) is 18.7. The molecule has 1 aromatic rings. The number of hydrogen-bond acceptors (Lipinski definition) is 5. The second kappa shape index (κ2) is 10.0. The maximum Gasteiger partial charge on any atom is 0.261 e. The standard InChI is InChI=1S/C23H32N4O4/c1-4-7-10-27-22(30)18-9-8-17(15-19(18)23(27)31)21(29)26-13-11-24(12-14-26)16-20(28)25(5-2)6-3/h8-9,15H,4-7,10-14,16H2,1-3H3. The van der Waals surface area contributed by atoms with Crippen LogP contribution in [-0.4, -0.2) is 95.6 Å². The van der Waals surface area contributed by atoms with Crippen LogP contribution in [0.1, 0.15) is 64.7 Å². The number of fused-ring (bicyclic) bond motifs is 1. The molecule has 2 heterocycles. The van der Waals surface area contributed by atoms with Gasteiger partial charge in [-0.1, -0.05) is 13.3 Å². The number of unbranched alkanes of at least 4 members (excludes halogenated alkanes) is 1. The van der Waals surface area contributed by atoms with Gasteiger partial charge in [-0.2, -0.15) is 0 Å². The average Bonchev–Trinajstić information content (AvgIpc) is 3.02. The van der Waals surface area contributed by atoms with Crippen molar-refractivity contribution in [2.45, 2.75) is 33.6 Å². The Labute approximate surface area is 183 Å². The summed E-state index contributed by atoms with van der Waals surface area (Å²) in [4.78, 5) is 57.3. The van der Waals surface area contributed by atoms with E-state index in [0.717, 1.165) is 12.8 Å². The number of piperazine rings is 1. The third-order valence-electron chi connectivity index (χ3n) is 6.09. The first-order chi connectivity index (χ1) is 14.9. The molecule has 0 unspecified atom stereocenters. The van der Waals surface area contributed by atoms with E-state index < -0.39 is 0 Å². The molecule has 0 atom stereocenters. The van der Waals surface area contributed by atoms with Crippen molar-refractivity contribution in [2.24, 2.45) is 0 Å². The van der Waals surface area contributed by atoms with E-state index in [0.29, 0.717) is 69.0 Å². The molecule has 2 aliphatic rings. The predicted molar refractivity (Wildman–Crippen MR) is 117 cm³/mol. The smallest absolute Gasteiger partial charge is 0.261 e. The van der Waals surface area contributed by atoms with Crippen LogP contribution in [-0.2, 0) is 4.79 Å². The summed E-state index contributed by atoms with van der Waals surface area (Å²) in [6.45, 7) is 10.4. The molecule has 8 nitrogen and oxygen atoms in total. The van der Waals surface area contributed by atoms with Crippen LogP contribution in [0.3, 0.4) is 0 Å². The fourth-order valence-corrected chi connectivity index (χ4v) is 4.10. The molecule has 1 fully saturated rings. The van der Waals surface area contributed by atoms with E-state index in [4.69, 9.17) is 0 Å². The van der Waals surface area contributed by atoms with Gasteiger partial charge in [0.15, 0.2) is 0 Å². The highest BCUT2D eigenvalue weighted by atomic mass is 16.2. The van der Waals surface area contributed by atoms with Crippen LogP contribution in [0.15, 0.2) is 18.2 Å². The Bertz CT molecular complexity index is 857. The lowest BCUT2D eigenvalue weighted by molar-refractivity contribution is -0.132. The third kappa shape index (κ3) is 4.79. The van der Waals surface area contributed by atoms with Crippen LogP contribution in [0.4, 0.5) is 0 Å². The molecular weight excluding hydrogens is 396 g/mol. The van der Waals surface area contributed by atoms with Crippen molar-refractivity contribution >= 4 is 23.6 Å². The highest BCUT2D eigenvalue weighted by Crippen LogP contribution is 2.25. The van der Waals surface area contributed by atoms with Gasteiger partial charge in [0, 0.05) is 51.4 Å². The first-order valence-electron chi connectivity index (χ1n) is 11.2. The molecule has 168 valence electrons. The summed E-state index contributed by atoms with van der Waals surface area (Å²) in [6.07, 6.45) is 1.65. The van der Waals surface area contributed by atoms with Crippen LogP contribution in [0.2, 0.25) is 0 Å². The summed E-state index contributed by atoms with van der Waals surface area (Å²) >= 11 is 0. The number of carbonyl (C=O) groups excluding carboxylic acids is 4. The zero-order valence-electron chi connectivity index (χ0n) is 18.7. The van der Waals surface area contributed by atoms with Gasteiger partial charge in [-0.05, 0) is 38.5 Å². The second-order valence-corrected chi connectivity index (χ2v) is 8.01. The molecule has 0 radical (unpaired) electrons. The summed E-state index contributed by atoms with van der Waals surface area (Å²) in [6, 6.07) is 4.78. The summed E-state index contributed by atoms with van der Waals surface area (Å²) in [5.41, 5.74) is 1.11. The van der Waals surface area contributed by atoms with Gasteiger partial charge in [-0.15, -0.1) is 0 Å². The number of imide groups is 1. The molecule has 0 saturated carbocycles. The molecule has 3 rings (SSSR count). The number of nitrogens with zero attached hydrogens (tertiary/aromatic N) is 4. The van der Waals surface area contributed by atoms with Crippen molar-refractivity contribution in [1.82, 2.24) is 19.6 Å². The van der Waals surface area contributed by atoms with Crippen molar-refractivity contribution in [1.29, 1.82) is 0 Å². The van der Waals surface area contributed by atoms with Crippen LogP contribution in [0, 0.1) is 0 Å². The maximum absolute atomic E-state index is 13.0. The first kappa shape index (κ1) is 22.9. The van der Waals surface area contributed by atoms with E-state index in [1.54, 1.807) is 23.1 Å². The zero-order chi connectivity index (χ0) is 22.5. The van der Waals surface area contributed by atoms with Crippen molar-refractivity contribution in [3.05, 3.63) is 34.9 Å². The minimum atomic E-state index is -0.317. The third-order valence-corrected chi connectivity index (χ3v) is 6.09. The fraction of sp³-hybridized carbons (Fsp3) is 0.565. The van der Waals surface area contributed by atoms with Gasteiger partial charge in [-0.3, -0.25) is 29.0 Å². The Morgan fingerprint density at radius 2 is 1.58 bits per heavy atom. The summed E-state index contributed by atoms with van der Waals surface area (Å²) in [5, 5.41) is 0. The highest BCUT2D eigenvalue weighted by Gasteiger charge is 2.36. The number of rotatable bonds is 8. The summed E-state index contributed by atoms with van der Waals surface area (Å²) in [5.74, 6) is -0.634. The molecule has 1 aromatic carbocycles. The van der Waals surface area contributed by atoms with E-state index in [2.05, 4.69) is 4.90 Å². The van der Waals surface area contributed by atoms with Crippen molar-refractivity contribution in [2.75, 3.05) is 52.4 Å². The quantitative estimate of drug-likeness (QED) is 0.589. The summed E-state index contributed by atoms with van der Waals surface area (Å²) in [7, 11) is 0. The van der Waals surface area contributed by atoms with Crippen LogP contribution in [0.5, 0.6) is 0 Å². The monoisotopic (exact) mass is 428 g/mol. The fourth-order valence-electron chi connectivity index (χ4n) is 4.10. The molecule has 0 N–H and O–H groups in total. The molecule has 4 amide bonds. The molecular formula is C23H32N4O4.